The molecule has 0 heterocycles. The molecular formula is C17H20N2O4. The van der Waals surface area contributed by atoms with Crippen molar-refractivity contribution in [3.63, 3.8) is 0 Å². The molecule has 0 aliphatic heterocycles. The molecule has 23 heavy (non-hydrogen) atoms. The number of hydrogen-bond acceptors (Lipinski definition) is 5. The van der Waals surface area contributed by atoms with Gasteiger partial charge in [-0.25, -0.2) is 0 Å². The highest BCUT2D eigenvalue weighted by atomic mass is 16.6. The fourth-order valence-electron chi connectivity index (χ4n) is 2.09. The summed E-state index contributed by atoms with van der Waals surface area (Å²) < 4.78 is 11.0. The molecule has 0 fully saturated rings. The fourth-order valence-corrected chi connectivity index (χ4v) is 2.09. The zero-order valence-electron chi connectivity index (χ0n) is 13.2. The van der Waals surface area contributed by atoms with Gasteiger partial charge in [-0.2, -0.15) is 0 Å². The van der Waals surface area contributed by atoms with Gasteiger partial charge in [0.05, 0.1) is 18.6 Å². The van der Waals surface area contributed by atoms with Gasteiger partial charge in [0, 0.05) is 24.4 Å². The molecule has 0 aliphatic carbocycles. The van der Waals surface area contributed by atoms with E-state index in [2.05, 4.69) is 5.32 Å². The molecule has 0 atom stereocenters. The van der Waals surface area contributed by atoms with Gasteiger partial charge in [-0.3, -0.25) is 10.1 Å². The van der Waals surface area contributed by atoms with Crippen LogP contribution in [0.1, 0.15) is 18.9 Å². The van der Waals surface area contributed by atoms with E-state index in [0.717, 1.165) is 12.0 Å². The van der Waals surface area contributed by atoms with Crippen LogP contribution in [0.5, 0.6) is 11.5 Å². The third-order valence-electron chi connectivity index (χ3n) is 3.24. The Morgan fingerprint density at radius 2 is 2.00 bits per heavy atom. The number of nitro benzene ring substituents is 1. The van der Waals surface area contributed by atoms with Crippen LogP contribution in [0.3, 0.4) is 0 Å². The standard InChI is InChI=1S/C17H20N2O4/c1-3-9-23-16-8-7-13(10-17(16)22-2)12-18-14-5-4-6-15(11-14)19(20)21/h4-8,10-11,18H,3,9,12H2,1-2H3. The summed E-state index contributed by atoms with van der Waals surface area (Å²) in [4.78, 5) is 10.4. The molecule has 0 aromatic heterocycles. The summed E-state index contributed by atoms with van der Waals surface area (Å²) in [6.45, 7) is 3.22. The van der Waals surface area contributed by atoms with Gasteiger partial charge in [-0.1, -0.05) is 19.1 Å². The lowest BCUT2D eigenvalue weighted by Crippen LogP contribution is -2.02. The van der Waals surface area contributed by atoms with Gasteiger partial charge in [0.15, 0.2) is 11.5 Å². The summed E-state index contributed by atoms with van der Waals surface area (Å²) in [5.41, 5.74) is 1.76. The first-order valence-corrected chi connectivity index (χ1v) is 7.42. The highest BCUT2D eigenvalue weighted by Gasteiger charge is 2.07. The minimum atomic E-state index is -0.409. The Morgan fingerprint density at radius 1 is 1.17 bits per heavy atom. The van der Waals surface area contributed by atoms with Gasteiger partial charge in [0.2, 0.25) is 0 Å². The van der Waals surface area contributed by atoms with Gasteiger partial charge in [0.25, 0.3) is 5.69 Å². The Morgan fingerprint density at radius 3 is 2.70 bits per heavy atom. The van der Waals surface area contributed by atoms with Crippen LogP contribution in [0, 0.1) is 10.1 Å². The molecule has 122 valence electrons. The second-order valence-corrected chi connectivity index (χ2v) is 4.99. The van der Waals surface area contributed by atoms with E-state index in [1.165, 1.54) is 12.1 Å². The van der Waals surface area contributed by atoms with Crippen molar-refractivity contribution in [2.24, 2.45) is 0 Å². The summed E-state index contributed by atoms with van der Waals surface area (Å²) in [5.74, 6) is 1.39. The average molecular weight is 316 g/mol. The Bertz CT molecular complexity index is 673. The summed E-state index contributed by atoms with van der Waals surface area (Å²) in [6, 6.07) is 12.1. The largest absolute Gasteiger partial charge is 0.493 e. The highest BCUT2D eigenvalue weighted by molar-refractivity contribution is 5.52. The van der Waals surface area contributed by atoms with Crippen molar-refractivity contribution in [2.75, 3.05) is 19.0 Å². The van der Waals surface area contributed by atoms with Crippen LogP contribution >= 0.6 is 0 Å². The average Bonchev–Trinajstić information content (AvgIpc) is 2.58. The van der Waals surface area contributed by atoms with E-state index in [4.69, 9.17) is 9.47 Å². The quantitative estimate of drug-likeness (QED) is 0.588. The van der Waals surface area contributed by atoms with Gasteiger partial charge in [0.1, 0.15) is 0 Å². The van der Waals surface area contributed by atoms with Crippen LogP contribution in [0.15, 0.2) is 42.5 Å². The second-order valence-electron chi connectivity index (χ2n) is 4.99. The lowest BCUT2D eigenvalue weighted by molar-refractivity contribution is -0.384. The Hall–Kier alpha value is -2.76. The number of benzene rings is 2. The van der Waals surface area contributed by atoms with Crippen LogP contribution in [-0.4, -0.2) is 18.6 Å². The van der Waals surface area contributed by atoms with Crippen LogP contribution < -0.4 is 14.8 Å². The first kappa shape index (κ1) is 16.6. The van der Waals surface area contributed by atoms with Gasteiger partial charge >= 0.3 is 0 Å². The molecule has 2 aromatic rings. The van der Waals surface area contributed by atoms with E-state index >= 15 is 0 Å². The van der Waals surface area contributed by atoms with E-state index in [1.54, 1.807) is 19.2 Å². The lowest BCUT2D eigenvalue weighted by atomic mass is 10.2. The van der Waals surface area contributed by atoms with Crippen molar-refractivity contribution >= 4 is 11.4 Å². The predicted octanol–water partition coefficient (Wildman–Crippen LogP) is 4.00. The van der Waals surface area contributed by atoms with E-state index in [1.807, 2.05) is 25.1 Å². The van der Waals surface area contributed by atoms with Crippen LogP contribution in [0.4, 0.5) is 11.4 Å². The molecule has 1 N–H and O–H groups in total. The predicted molar refractivity (Wildman–Crippen MR) is 89.2 cm³/mol. The number of non-ortho nitro benzene ring substituents is 1. The molecule has 0 unspecified atom stereocenters. The van der Waals surface area contributed by atoms with Crippen LogP contribution in [0.2, 0.25) is 0 Å². The molecule has 2 aromatic carbocycles. The monoisotopic (exact) mass is 316 g/mol. The molecule has 6 heteroatoms. The smallest absolute Gasteiger partial charge is 0.271 e. The number of nitrogens with one attached hydrogen (secondary N) is 1. The Labute approximate surface area is 135 Å². The number of nitrogens with zero attached hydrogens (tertiary/aromatic N) is 1. The maximum absolute atomic E-state index is 10.8. The SMILES string of the molecule is CCCOc1ccc(CNc2cccc([N+](=O)[O-])c2)cc1OC. The van der Waals surface area contributed by atoms with Crippen LogP contribution in [0.25, 0.3) is 0 Å². The normalized spacial score (nSPS) is 10.2. The van der Waals surface area contributed by atoms with Crippen molar-refractivity contribution in [3.8, 4) is 11.5 Å². The summed E-state index contributed by atoms with van der Waals surface area (Å²) in [5, 5.41) is 14.0. The Balaban J connectivity index is 2.05. The van der Waals surface area contributed by atoms with Gasteiger partial charge in [-0.05, 0) is 30.2 Å². The second kappa shape index (κ2) is 8.03. The summed E-state index contributed by atoms with van der Waals surface area (Å²) >= 11 is 0. The molecule has 0 bridgehead atoms. The minimum Gasteiger partial charge on any atom is -0.493 e. The highest BCUT2D eigenvalue weighted by Crippen LogP contribution is 2.28. The molecular weight excluding hydrogens is 296 g/mol. The van der Waals surface area contributed by atoms with Crippen molar-refractivity contribution in [3.05, 3.63) is 58.1 Å². The molecule has 0 saturated carbocycles. The molecule has 6 nitrogen and oxygen atoms in total. The van der Waals surface area contributed by atoms with E-state index in [-0.39, 0.29) is 5.69 Å². The Kier molecular flexibility index (Phi) is 5.80. The van der Waals surface area contributed by atoms with Gasteiger partial charge in [-0.15, -0.1) is 0 Å². The zero-order chi connectivity index (χ0) is 16.7. The molecule has 0 spiro atoms. The number of ether oxygens (including phenoxy) is 2. The molecule has 0 saturated heterocycles. The van der Waals surface area contributed by atoms with Crippen LogP contribution in [-0.2, 0) is 6.54 Å². The molecule has 0 radical (unpaired) electrons. The molecule has 0 amide bonds. The van der Waals surface area contributed by atoms with E-state index < -0.39 is 4.92 Å². The number of methoxy groups -OCH3 is 1. The maximum atomic E-state index is 10.8. The fraction of sp³-hybridized carbons (Fsp3) is 0.294. The number of rotatable bonds is 8. The van der Waals surface area contributed by atoms with E-state index in [9.17, 15) is 10.1 Å². The van der Waals surface area contributed by atoms with Crippen molar-refractivity contribution < 1.29 is 14.4 Å². The van der Waals surface area contributed by atoms with Gasteiger partial charge < -0.3 is 14.8 Å². The number of nitro groups is 1. The van der Waals surface area contributed by atoms with E-state index in [0.29, 0.717) is 30.3 Å². The summed E-state index contributed by atoms with van der Waals surface area (Å²) in [7, 11) is 1.60. The molecule has 2 rings (SSSR count). The first-order chi connectivity index (χ1) is 11.1. The van der Waals surface area contributed by atoms with Crippen molar-refractivity contribution in [2.45, 2.75) is 19.9 Å². The topological polar surface area (TPSA) is 73.6 Å². The zero-order valence-corrected chi connectivity index (χ0v) is 13.2. The number of hydrogen-bond donors (Lipinski definition) is 1. The summed E-state index contributed by atoms with van der Waals surface area (Å²) in [6.07, 6.45) is 0.930. The first-order valence-electron chi connectivity index (χ1n) is 7.42. The minimum absolute atomic E-state index is 0.0656. The number of anilines is 1. The lowest BCUT2D eigenvalue weighted by Gasteiger charge is -2.12. The van der Waals surface area contributed by atoms with Crippen molar-refractivity contribution in [1.82, 2.24) is 0 Å². The third-order valence-corrected chi connectivity index (χ3v) is 3.24. The maximum Gasteiger partial charge on any atom is 0.271 e. The third kappa shape index (κ3) is 4.60. The van der Waals surface area contributed by atoms with Crippen molar-refractivity contribution in [1.29, 1.82) is 0 Å². The molecule has 0 aliphatic rings.